The van der Waals surface area contributed by atoms with Crippen LogP contribution in [-0.4, -0.2) is 30.0 Å². The second-order valence-corrected chi connectivity index (χ2v) is 5.44. The number of pyridine rings is 1. The zero-order valence-corrected chi connectivity index (χ0v) is 12.4. The summed E-state index contributed by atoms with van der Waals surface area (Å²) in [4.78, 5) is 27.5. The fourth-order valence-corrected chi connectivity index (χ4v) is 2.63. The van der Waals surface area contributed by atoms with Gasteiger partial charge in [-0.15, -0.1) is 0 Å². The first-order valence-electron chi connectivity index (χ1n) is 7.56. The van der Waals surface area contributed by atoms with E-state index in [2.05, 4.69) is 15.0 Å². The first-order chi connectivity index (χ1) is 10.2. The zero-order chi connectivity index (χ0) is 15.1. The van der Waals surface area contributed by atoms with E-state index >= 15 is 0 Å². The highest BCUT2D eigenvalue weighted by molar-refractivity contribution is 5.94. The van der Waals surface area contributed by atoms with Crippen LogP contribution in [0.4, 0.5) is 0 Å². The highest BCUT2D eigenvalue weighted by Gasteiger charge is 2.16. The molecule has 0 aromatic carbocycles. The van der Waals surface area contributed by atoms with Crippen molar-refractivity contribution in [3.05, 3.63) is 29.6 Å². The number of rotatable bonds is 3. The third-order valence-electron chi connectivity index (χ3n) is 3.86. The predicted octanol–water partition coefficient (Wildman–Crippen LogP) is 2.71. The summed E-state index contributed by atoms with van der Waals surface area (Å²) < 4.78 is 4.60. The van der Waals surface area contributed by atoms with E-state index in [4.69, 9.17) is 0 Å². The molecule has 1 heterocycles. The Morgan fingerprint density at radius 3 is 2.38 bits per heavy atom. The molecule has 1 saturated carbocycles. The van der Waals surface area contributed by atoms with Gasteiger partial charge in [0, 0.05) is 12.2 Å². The summed E-state index contributed by atoms with van der Waals surface area (Å²) in [5, 5.41) is 3.05. The van der Waals surface area contributed by atoms with Gasteiger partial charge >= 0.3 is 5.97 Å². The minimum Gasteiger partial charge on any atom is -0.465 e. The van der Waals surface area contributed by atoms with Crippen LogP contribution in [0.2, 0.25) is 0 Å². The van der Waals surface area contributed by atoms with Crippen molar-refractivity contribution < 1.29 is 14.3 Å². The Labute approximate surface area is 125 Å². The maximum absolute atomic E-state index is 12.2. The highest BCUT2D eigenvalue weighted by atomic mass is 16.5. The van der Waals surface area contributed by atoms with Gasteiger partial charge in [-0.05, 0) is 25.0 Å². The summed E-state index contributed by atoms with van der Waals surface area (Å²) in [6.45, 7) is 0. The fraction of sp³-hybridized carbons (Fsp3) is 0.562. The van der Waals surface area contributed by atoms with E-state index in [0.29, 0.717) is 11.3 Å². The van der Waals surface area contributed by atoms with Crippen molar-refractivity contribution in [2.24, 2.45) is 0 Å². The molecule has 0 saturated heterocycles. The van der Waals surface area contributed by atoms with Crippen molar-refractivity contribution in [1.82, 2.24) is 10.3 Å². The number of carbonyl (C=O) groups is 2. The van der Waals surface area contributed by atoms with Gasteiger partial charge in [0.25, 0.3) is 5.91 Å². The first kappa shape index (κ1) is 15.5. The number of ether oxygens (including phenoxy) is 1. The van der Waals surface area contributed by atoms with Gasteiger partial charge in [-0.3, -0.25) is 9.78 Å². The van der Waals surface area contributed by atoms with Crippen LogP contribution in [0.15, 0.2) is 18.3 Å². The molecular formula is C16H22N2O3. The van der Waals surface area contributed by atoms with Crippen LogP contribution in [0.5, 0.6) is 0 Å². The lowest BCUT2D eigenvalue weighted by Crippen LogP contribution is -2.35. The smallest absolute Gasteiger partial charge is 0.339 e. The third kappa shape index (κ3) is 4.55. The number of hydrogen-bond donors (Lipinski definition) is 1. The van der Waals surface area contributed by atoms with Crippen molar-refractivity contribution in [3.63, 3.8) is 0 Å². The molecule has 5 heteroatoms. The third-order valence-corrected chi connectivity index (χ3v) is 3.86. The number of esters is 1. The van der Waals surface area contributed by atoms with Gasteiger partial charge in [-0.2, -0.15) is 0 Å². The summed E-state index contributed by atoms with van der Waals surface area (Å²) in [5.74, 6) is -0.619. The lowest BCUT2D eigenvalue weighted by atomic mass is 9.96. The van der Waals surface area contributed by atoms with Gasteiger partial charge < -0.3 is 10.1 Å². The van der Waals surface area contributed by atoms with E-state index in [1.54, 1.807) is 12.1 Å². The van der Waals surface area contributed by atoms with Crippen LogP contribution in [-0.2, 0) is 4.74 Å². The van der Waals surface area contributed by atoms with Gasteiger partial charge in [-0.25, -0.2) is 4.79 Å². The highest BCUT2D eigenvalue weighted by Crippen LogP contribution is 2.17. The monoisotopic (exact) mass is 290 g/mol. The Hall–Kier alpha value is -1.91. The number of nitrogens with zero attached hydrogens (tertiary/aromatic N) is 1. The number of amides is 1. The Balaban J connectivity index is 1.94. The molecule has 0 spiro atoms. The predicted molar refractivity (Wildman–Crippen MR) is 79.1 cm³/mol. The molecule has 1 amide bonds. The van der Waals surface area contributed by atoms with Gasteiger partial charge in [0.15, 0.2) is 0 Å². The average molecular weight is 290 g/mol. The minimum atomic E-state index is -0.450. The van der Waals surface area contributed by atoms with E-state index in [-0.39, 0.29) is 11.9 Å². The summed E-state index contributed by atoms with van der Waals surface area (Å²) in [7, 11) is 1.32. The van der Waals surface area contributed by atoms with Crippen molar-refractivity contribution in [1.29, 1.82) is 0 Å². The van der Waals surface area contributed by atoms with Crippen LogP contribution in [0.1, 0.15) is 65.8 Å². The second-order valence-electron chi connectivity index (χ2n) is 5.44. The largest absolute Gasteiger partial charge is 0.465 e. The normalized spacial score (nSPS) is 16.6. The lowest BCUT2D eigenvalue weighted by Gasteiger charge is -2.20. The Bertz CT molecular complexity index is 477. The Kier molecular flexibility index (Phi) is 5.72. The molecule has 1 aliphatic rings. The molecule has 0 aliphatic heterocycles. The lowest BCUT2D eigenvalue weighted by molar-refractivity contribution is 0.0599. The van der Waals surface area contributed by atoms with E-state index in [9.17, 15) is 9.59 Å². The molecule has 0 bridgehead atoms. The molecule has 0 unspecified atom stereocenters. The molecule has 1 fully saturated rings. The molecule has 0 atom stereocenters. The van der Waals surface area contributed by atoms with E-state index in [1.807, 2.05) is 0 Å². The molecule has 1 N–H and O–H groups in total. The van der Waals surface area contributed by atoms with Gasteiger partial charge in [0.2, 0.25) is 0 Å². The van der Waals surface area contributed by atoms with Crippen LogP contribution in [0, 0.1) is 0 Å². The Morgan fingerprint density at radius 1 is 1.14 bits per heavy atom. The van der Waals surface area contributed by atoms with Crippen molar-refractivity contribution in [3.8, 4) is 0 Å². The number of aromatic nitrogens is 1. The van der Waals surface area contributed by atoms with Crippen molar-refractivity contribution in [2.45, 2.75) is 51.0 Å². The minimum absolute atomic E-state index is 0.169. The molecule has 5 nitrogen and oxygen atoms in total. The molecule has 0 radical (unpaired) electrons. The zero-order valence-electron chi connectivity index (χ0n) is 12.4. The molecular weight excluding hydrogens is 268 g/mol. The maximum atomic E-state index is 12.2. The molecule has 1 aromatic rings. The molecule has 114 valence electrons. The number of methoxy groups -OCH3 is 1. The van der Waals surface area contributed by atoms with Crippen LogP contribution in [0.25, 0.3) is 0 Å². The first-order valence-corrected chi connectivity index (χ1v) is 7.56. The van der Waals surface area contributed by atoms with E-state index < -0.39 is 5.97 Å². The van der Waals surface area contributed by atoms with Gasteiger partial charge in [0.1, 0.15) is 5.69 Å². The summed E-state index contributed by atoms with van der Waals surface area (Å²) in [6.07, 6.45) is 9.57. The van der Waals surface area contributed by atoms with Crippen molar-refractivity contribution in [2.75, 3.05) is 7.11 Å². The number of nitrogens with one attached hydrogen (secondary N) is 1. The Morgan fingerprint density at radius 2 is 1.81 bits per heavy atom. The van der Waals surface area contributed by atoms with E-state index in [1.165, 1.54) is 45.4 Å². The number of hydrogen-bond acceptors (Lipinski definition) is 4. The maximum Gasteiger partial charge on any atom is 0.339 e. The fourth-order valence-electron chi connectivity index (χ4n) is 2.63. The topological polar surface area (TPSA) is 68.3 Å². The standard InChI is InChI=1S/C16H22N2O3/c1-21-16(20)12-9-10-14(17-11-12)15(19)18-13-7-5-3-2-4-6-8-13/h9-11,13H,2-8H2,1H3,(H,18,19). The summed E-state index contributed by atoms with van der Waals surface area (Å²) >= 11 is 0. The van der Waals surface area contributed by atoms with Crippen LogP contribution < -0.4 is 5.32 Å². The van der Waals surface area contributed by atoms with Gasteiger partial charge in [-0.1, -0.05) is 32.1 Å². The van der Waals surface area contributed by atoms with Gasteiger partial charge in [0.05, 0.1) is 12.7 Å². The molecule has 1 aromatic heterocycles. The number of carbonyl (C=O) groups excluding carboxylic acids is 2. The van der Waals surface area contributed by atoms with Crippen molar-refractivity contribution >= 4 is 11.9 Å². The summed E-state index contributed by atoms with van der Waals surface area (Å²) in [6, 6.07) is 3.36. The SMILES string of the molecule is COC(=O)c1ccc(C(=O)NC2CCCCCCC2)nc1. The quantitative estimate of drug-likeness (QED) is 0.869. The average Bonchev–Trinajstić information content (AvgIpc) is 2.49. The molecule has 1 aliphatic carbocycles. The molecule has 21 heavy (non-hydrogen) atoms. The molecule has 2 rings (SSSR count). The van der Waals surface area contributed by atoms with Crippen LogP contribution >= 0.6 is 0 Å². The van der Waals surface area contributed by atoms with E-state index in [0.717, 1.165) is 12.8 Å². The second kappa shape index (κ2) is 7.76. The summed E-state index contributed by atoms with van der Waals surface area (Å²) in [5.41, 5.74) is 0.685. The van der Waals surface area contributed by atoms with Crippen LogP contribution in [0.3, 0.4) is 0 Å².